The highest BCUT2D eigenvalue weighted by atomic mass is 79.9. The lowest BCUT2D eigenvalue weighted by Gasteiger charge is -2.32. The van der Waals surface area contributed by atoms with Crippen LogP contribution in [0.3, 0.4) is 0 Å². The van der Waals surface area contributed by atoms with Crippen molar-refractivity contribution < 1.29 is 4.79 Å². The molecule has 0 unspecified atom stereocenters. The Balaban J connectivity index is 1.82. The average molecular weight is 325 g/mol. The summed E-state index contributed by atoms with van der Waals surface area (Å²) in [6.07, 6.45) is 3.32. The van der Waals surface area contributed by atoms with Gasteiger partial charge in [-0.3, -0.25) is 4.79 Å². The van der Waals surface area contributed by atoms with Crippen molar-refractivity contribution in [2.75, 3.05) is 19.6 Å². The van der Waals surface area contributed by atoms with Crippen molar-refractivity contribution in [1.29, 1.82) is 0 Å². The maximum Gasteiger partial charge on any atom is 0.251 e. The molecule has 1 amide bonds. The van der Waals surface area contributed by atoms with Crippen molar-refractivity contribution in [2.24, 2.45) is 0 Å². The van der Waals surface area contributed by atoms with Crippen LogP contribution in [0.15, 0.2) is 28.7 Å². The van der Waals surface area contributed by atoms with Crippen LogP contribution < -0.4 is 5.32 Å². The SMILES string of the molecule is CCCN1CCC(NC(=O)c2ccc(Br)cc2)CC1. The lowest BCUT2D eigenvalue weighted by atomic mass is 10.0. The third kappa shape index (κ3) is 4.32. The number of nitrogens with one attached hydrogen (secondary N) is 1. The topological polar surface area (TPSA) is 32.3 Å². The molecule has 19 heavy (non-hydrogen) atoms. The van der Waals surface area contributed by atoms with Gasteiger partial charge in [-0.05, 0) is 50.1 Å². The highest BCUT2D eigenvalue weighted by Crippen LogP contribution is 2.13. The molecule has 0 aliphatic carbocycles. The van der Waals surface area contributed by atoms with E-state index in [0.29, 0.717) is 6.04 Å². The van der Waals surface area contributed by atoms with Crippen LogP contribution in [0.25, 0.3) is 0 Å². The van der Waals surface area contributed by atoms with Crippen LogP contribution in [0, 0.1) is 0 Å². The number of nitrogens with zero attached hydrogens (tertiary/aromatic N) is 1. The lowest BCUT2D eigenvalue weighted by Crippen LogP contribution is -2.44. The summed E-state index contributed by atoms with van der Waals surface area (Å²) in [6.45, 7) is 5.58. The molecule has 0 aromatic heterocycles. The number of carbonyl (C=O) groups excluding carboxylic acids is 1. The van der Waals surface area contributed by atoms with Gasteiger partial charge in [-0.15, -0.1) is 0 Å². The summed E-state index contributed by atoms with van der Waals surface area (Å²) in [7, 11) is 0. The maximum atomic E-state index is 12.1. The Hall–Kier alpha value is -0.870. The van der Waals surface area contributed by atoms with E-state index >= 15 is 0 Å². The fourth-order valence-electron chi connectivity index (χ4n) is 2.49. The number of amides is 1. The molecule has 1 aromatic rings. The van der Waals surface area contributed by atoms with Crippen LogP contribution >= 0.6 is 15.9 Å². The monoisotopic (exact) mass is 324 g/mol. The van der Waals surface area contributed by atoms with Gasteiger partial charge in [0.1, 0.15) is 0 Å². The third-order valence-electron chi connectivity index (χ3n) is 3.57. The van der Waals surface area contributed by atoms with Crippen molar-refractivity contribution in [3.63, 3.8) is 0 Å². The van der Waals surface area contributed by atoms with Crippen molar-refractivity contribution >= 4 is 21.8 Å². The second-order valence-corrected chi connectivity index (χ2v) is 6.01. The zero-order chi connectivity index (χ0) is 13.7. The molecule has 1 N–H and O–H groups in total. The number of likely N-dealkylation sites (tertiary alicyclic amines) is 1. The molecule has 0 bridgehead atoms. The third-order valence-corrected chi connectivity index (χ3v) is 4.10. The number of rotatable bonds is 4. The summed E-state index contributed by atoms with van der Waals surface area (Å²) in [5, 5.41) is 3.14. The smallest absolute Gasteiger partial charge is 0.251 e. The van der Waals surface area contributed by atoms with Gasteiger partial charge in [0.05, 0.1) is 0 Å². The van der Waals surface area contributed by atoms with Crippen molar-refractivity contribution in [1.82, 2.24) is 10.2 Å². The lowest BCUT2D eigenvalue weighted by molar-refractivity contribution is 0.0911. The number of hydrogen-bond donors (Lipinski definition) is 1. The molecule has 4 heteroatoms. The van der Waals surface area contributed by atoms with Crippen molar-refractivity contribution in [2.45, 2.75) is 32.2 Å². The van der Waals surface area contributed by atoms with Crippen LogP contribution in [-0.4, -0.2) is 36.5 Å². The minimum Gasteiger partial charge on any atom is -0.349 e. The largest absolute Gasteiger partial charge is 0.349 e. The quantitative estimate of drug-likeness (QED) is 0.923. The molecule has 1 aliphatic rings. The van der Waals surface area contributed by atoms with E-state index in [9.17, 15) is 4.79 Å². The van der Waals surface area contributed by atoms with Gasteiger partial charge >= 0.3 is 0 Å². The maximum absolute atomic E-state index is 12.1. The first kappa shape index (κ1) is 14.5. The number of hydrogen-bond acceptors (Lipinski definition) is 2. The van der Waals surface area contributed by atoms with Crippen molar-refractivity contribution in [3.8, 4) is 0 Å². The molecule has 1 fully saturated rings. The summed E-state index contributed by atoms with van der Waals surface area (Å²) in [4.78, 5) is 14.6. The van der Waals surface area contributed by atoms with E-state index in [4.69, 9.17) is 0 Å². The van der Waals surface area contributed by atoms with Gasteiger partial charge in [0.15, 0.2) is 0 Å². The number of carbonyl (C=O) groups is 1. The number of benzene rings is 1. The van der Waals surface area contributed by atoms with E-state index in [2.05, 4.69) is 33.1 Å². The minimum absolute atomic E-state index is 0.0430. The zero-order valence-electron chi connectivity index (χ0n) is 11.4. The normalized spacial score (nSPS) is 17.4. The van der Waals surface area contributed by atoms with E-state index in [1.54, 1.807) is 0 Å². The fourth-order valence-corrected chi connectivity index (χ4v) is 2.75. The summed E-state index contributed by atoms with van der Waals surface area (Å²) >= 11 is 3.38. The molecule has 104 valence electrons. The van der Waals surface area contributed by atoms with Gasteiger partial charge < -0.3 is 10.2 Å². The molecule has 0 spiro atoms. The average Bonchev–Trinajstić information content (AvgIpc) is 2.42. The molecule has 1 heterocycles. The standard InChI is InChI=1S/C15H21BrN2O/c1-2-9-18-10-7-14(8-11-18)17-15(19)12-3-5-13(16)6-4-12/h3-6,14H,2,7-11H2,1H3,(H,17,19). The van der Waals surface area contributed by atoms with Crippen LogP contribution in [0.2, 0.25) is 0 Å². The van der Waals surface area contributed by atoms with Gasteiger partial charge in [-0.25, -0.2) is 0 Å². The molecule has 1 aromatic carbocycles. The van der Waals surface area contributed by atoms with Crippen LogP contribution in [0.5, 0.6) is 0 Å². The summed E-state index contributed by atoms with van der Waals surface area (Å²) in [6, 6.07) is 7.83. The molecule has 0 radical (unpaired) electrons. The summed E-state index contributed by atoms with van der Waals surface area (Å²) in [5.74, 6) is 0.0430. The molecule has 0 saturated carbocycles. The molecule has 1 aliphatic heterocycles. The number of piperidine rings is 1. The Morgan fingerprint density at radius 2 is 1.95 bits per heavy atom. The molecule has 0 atom stereocenters. The van der Waals surface area contributed by atoms with Crippen molar-refractivity contribution in [3.05, 3.63) is 34.3 Å². The van der Waals surface area contributed by atoms with E-state index in [1.165, 1.54) is 13.0 Å². The molecule has 3 nitrogen and oxygen atoms in total. The molecule has 1 saturated heterocycles. The molecule has 2 rings (SSSR count). The Morgan fingerprint density at radius 3 is 2.53 bits per heavy atom. The fraction of sp³-hybridized carbons (Fsp3) is 0.533. The predicted molar refractivity (Wildman–Crippen MR) is 81.4 cm³/mol. The first-order valence-electron chi connectivity index (χ1n) is 6.98. The summed E-state index contributed by atoms with van der Waals surface area (Å²) < 4.78 is 0.997. The number of halogens is 1. The van der Waals surface area contributed by atoms with Crippen LogP contribution in [0.1, 0.15) is 36.5 Å². The Kier molecular flexibility index (Phi) is 5.40. The second-order valence-electron chi connectivity index (χ2n) is 5.10. The van der Waals surface area contributed by atoms with E-state index < -0.39 is 0 Å². The first-order valence-corrected chi connectivity index (χ1v) is 7.77. The Bertz CT molecular complexity index is 411. The van der Waals surface area contributed by atoms with Gasteiger partial charge in [0, 0.05) is 29.2 Å². The predicted octanol–water partition coefficient (Wildman–Crippen LogP) is 3.05. The van der Waals surface area contributed by atoms with Gasteiger partial charge in [0.2, 0.25) is 0 Å². The van der Waals surface area contributed by atoms with Gasteiger partial charge in [0.25, 0.3) is 5.91 Å². The van der Waals surface area contributed by atoms with Crippen LogP contribution in [-0.2, 0) is 0 Å². The molecular formula is C15H21BrN2O. The van der Waals surface area contributed by atoms with Gasteiger partial charge in [-0.1, -0.05) is 22.9 Å². The highest BCUT2D eigenvalue weighted by Gasteiger charge is 2.20. The van der Waals surface area contributed by atoms with E-state index in [1.807, 2.05) is 24.3 Å². The van der Waals surface area contributed by atoms with E-state index in [0.717, 1.165) is 36.0 Å². The second kappa shape index (κ2) is 7.06. The first-order chi connectivity index (χ1) is 9.19. The minimum atomic E-state index is 0.0430. The zero-order valence-corrected chi connectivity index (χ0v) is 12.9. The van der Waals surface area contributed by atoms with Crippen LogP contribution in [0.4, 0.5) is 0 Å². The molecular weight excluding hydrogens is 304 g/mol. The summed E-state index contributed by atoms with van der Waals surface area (Å²) in [5.41, 5.74) is 0.735. The van der Waals surface area contributed by atoms with Gasteiger partial charge in [-0.2, -0.15) is 0 Å². The Labute approximate surface area is 123 Å². The highest BCUT2D eigenvalue weighted by molar-refractivity contribution is 9.10. The Morgan fingerprint density at radius 1 is 1.32 bits per heavy atom. The van der Waals surface area contributed by atoms with E-state index in [-0.39, 0.29) is 5.91 Å².